The lowest BCUT2D eigenvalue weighted by atomic mass is 9.76. The van der Waals surface area contributed by atoms with Crippen LogP contribution < -0.4 is 16.0 Å². The summed E-state index contributed by atoms with van der Waals surface area (Å²) < 4.78 is 56.0. The summed E-state index contributed by atoms with van der Waals surface area (Å²) in [5, 5.41) is 163. The van der Waals surface area contributed by atoms with Crippen molar-refractivity contribution in [2.45, 2.75) is 293 Å². The number of Topliss-reactive ketones (excluding diaryl/α,β-unsaturated/α-hetero) is 1. The highest BCUT2D eigenvalue weighted by atomic mass is 16.8. The Morgan fingerprint density at radius 3 is 1.55 bits per heavy atom. The standard InChI is InChI=1S/C79H115N11O24/c1-13-53-63(96)65(98)67(100)76(107-53)109-55-28-79(106,39(7)24-35(55)3)114-78-62(95)41(9)60(93)57(111-78)34-90-32-50(84-86-90)58(74(105)80-48(42(10)91)26-44-30-88(12)52-22-18-16-20-47(44)52)82-73(104)49(81-72(103)38(6)25-43-29-87(11)51-21-17-15-19-46(43)51)27-45-31-89(85-83-45)33-56-59(92)40(8)61(94)75(110-56)112-70-36(4)23-37(5)71(69(70)102)113-77-68(101)66(99)64(97)54(14-2)108-77/h15-22,29-32,35-41,48-49,53-71,75-78,92-102,106H,13-14,23-28,33-34H2,1-12H3,(H,80,105)(H,81,103)(H,82,104)/t35-,36+,37-,38?,39+,40-,41-,48?,49?,53?,54?,55?,56?,57?,58?,59+,60+,61+,62?,63-,64-,65?,66?,67?,68?,69?,70+,71?,75?,76-,77-,78-,79+/m0/s1. The predicted octanol–water partition coefficient (Wildman–Crippen LogP) is -0.502. The molecule has 6 aliphatic rings. The first-order valence-corrected chi connectivity index (χ1v) is 39.8. The number of para-hydroxylation sites is 2. The molecule has 630 valence electrons. The molecule has 35 nitrogen and oxygen atoms in total. The van der Waals surface area contributed by atoms with Crippen LogP contribution in [0.15, 0.2) is 73.3 Å². The molecule has 8 heterocycles. The van der Waals surface area contributed by atoms with Gasteiger partial charge in [0.15, 0.2) is 42.8 Å². The molecule has 0 spiro atoms. The van der Waals surface area contributed by atoms with Crippen molar-refractivity contribution in [3.05, 3.63) is 95.8 Å². The molecule has 0 bridgehead atoms. The number of carbonyl (C=O) groups excluding carboxylic acids is 4. The van der Waals surface area contributed by atoms with Crippen LogP contribution in [0.25, 0.3) is 21.8 Å². The summed E-state index contributed by atoms with van der Waals surface area (Å²) in [7, 11) is 3.74. The molecule has 2 saturated carbocycles. The smallest absolute Gasteiger partial charge is 0.249 e. The van der Waals surface area contributed by atoms with Crippen LogP contribution in [0.2, 0.25) is 0 Å². The lowest BCUT2D eigenvalue weighted by Crippen LogP contribution is -2.62. The zero-order valence-electron chi connectivity index (χ0n) is 66.3. The second-order valence-electron chi connectivity index (χ2n) is 33.0. The van der Waals surface area contributed by atoms with E-state index in [0.717, 1.165) is 32.9 Å². The third-order valence-electron chi connectivity index (χ3n) is 24.5. The summed E-state index contributed by atoms with van der Waals surface area (Å²) >= 11 is 0. The third-order valence-corrected chi connectivity index (χ3v) is 24.5. The highest BCUT2D eigenvalue weighted by molar-refractivity contribution is 5.95. The van der Waals surface area contributed by atoms with E-state index in [9.17, 15) is 70.9 Å². The average Bonchev–Trinajstić information content (AvgIpc) is 1.16. The number of nitrogens with one attached hydrogen (secondary N) is 3. The average molecular weight is 1600 g/mol. The first kappa shape index (κ1) is 86.4. The van der Waals surface area contributed by atoms with Gasteiger partial charge >= 0.3 is 0 Å². The van der Waals surface area contributed by atoms with Gasteiger partial charge in [0.05, 0.1) is 73.7 Å². The van der Waals surface area contributed by atoms with Crippen LogP contribution in [0.1, 0.15) is 130 Å². The monoisotopic (exact) mass is 1600 g/mol. The van der Waals surface area contributed by atoms with E-state index >= 15 is 9.59 Å². The summed E-state index contributed by atoms with van der Waals surface area (Å²) in [6, 6.07) is 10.7. The number of hydrogen-bond acceptors (Lipinski definition) is 28. The van der Waals surface area contributed by atoms with E-state index in [1.165, 1.54) is 28.7 Å². The maximum atomic E-state index is 15.6. The lowest BCUT2D eigenvalue weighted by molar-refractivity contribution is -0.385. The van der Waals surface area contributed by atoms with Crippen LogP contribution in [0.3, 0.4) is 0 Å². The molecule has 3 amide bonds. The number of ether oxygens (including phenoxy) is 8. The third kappa shape index (κ3) is 18.3. The Bertz CT molecular complexity index is 4250. The van der Waals surface area contributed by atoms with Gasteiger partial charge in [0.1, 0.15) is 78.9 Å². The zero-order chi connectivity index (χ0) is 82.4. The van der Waals surface area contributed by atoms with Crippen LogP contribution in [0.5, 0.6) is 0 Å². The van der Waals surface area contributed by atoms with Gasteiger partial charge in [-0.2, -0.15) is 0 Å². The van der Waals surface area contributed by atoms with E-state index in [-0.39, 0.29) is 67.9 Å². The van der Waals surface area contributed by atoms with Crippen molar-refractivity contribution in [1.29, 1.82) is 0 Å². The molecule has 2 aliphatic carbocycles. The minimum absolute atomic E-state index is 0.0212. The molecular formula is C79H115N11O24. The van der Waals surface area contributed by atoms with Crippen molar-refractivity contribution in [2.75, 3.05) is 0 Å². The Hall–Kier alpha value is -6.92. The van der Waals surface area contributed by atoms with Crippen LogP contribution in [-0.4, -0.2) is 277 Å². The number of amides is 3. The van der Waals surface area contributed by atoms with Gasteiger partial charge in [0.2, 0.25) is 17.7 Å². The topological polar surface area (TPSA) is 492 Å². The maximum Gasteiger partial charge on any atom is 0.249 e. The van der Waals surface area contributed by atoms with Gasteiger partial charge in [-0.1, -0.05) is 109 Å². The van der Waals surface area contributed by atoms with Crippen molar-refractivity contribution in [3.8, 4) is 0 Å². The van der Waals surface area contributed by atoms with Gasteiger partial charge in [-0.05, 0) is 80.0 Å². The molecule has 35 heteroatoms. The molecule has 4 aromatic heterocycles. The van der Waals surface area contributed by atoms with Crippen LogP contribution in [0.4, 0.5) is 0 Å². The van der Waals surface area contributed by atoms with Crippen LogP contribution >= 0.6 is 0 Å². The fourth-order valence-electron chi connectivity index (χ4n) is 17.3. The Morgan fingerprint density at radius 1 is 0.518 bits per heavy atom. The van der Waals surface area contributed by atoms with E-state index in [1.807, 2.05) is 105 Å². The van der Waals surface area contributed by atoms with Crippen molar-refractivity contribution in [2.24, 2.45) is 55.5 Å². The fourth-order valence-corrected chi connectivity index (χ4v) is 17.3. The molecule has 2 aromatic carbocycles. The molecule has 114 heavy (non-hydrogen) atoms. The Labute approximate surface area is 660 Å². The molecule has 6 fully saturated rings. The van der Waals surface area contributed by atoms with E-state index in [4.69, 9.17) is 37.9 Å². The second-order valence-corrected chi connectivity index (χ2v) is 33.0. The van der Waals surface area contributed by atoms with Crippen molar-refractivity contribution >= 4 is 45.3 Å². The van der Waals surface area contributed by atoms with Crippen molar-refractivity contribution in [1.82, 2.24) is 55.1 Å². The number of benzene rings is 2. The van der Waals surface area contributed by atoms with Gasteiger partial charge in [0, 0.05) is 97.4 Å². The number of nitrogens with zero attached hydrogens (tertiary/aromatic N) is 8. The number of ketones is 1. The van der Waals surface area contributed by atoms with E-state index in [0.29, 0.717) is 25.7 Å². The van der Waals surface area contributed by atoms with Gasteiger partial charge < -0.3 is 124 Å². The first-order valence-electron chi connectivity index (χ1n) is 39.8. The highest BCUT2D eigenvalue weighted by Crippen LogP contribution is 2.44. The minimum Gasteiger partial charge on any atom is -0.390 e. The number of aromatic nitrogens is 8. The first-order chi connectivity index (χ1) is 54.1. The molecule has 17 unspecified atom stereocenters. The number of carbonyl (C=O) groups is 4. The number of aliphatic hydroxyl groups excluding tert-OH is 11. The SMILES string of the molecule is CCC1O[C@@H](OC2C[C@@](O)(O[C@@H]3OC(Cn4cc(C(NC(=O)C(Cc5cn(CC6OC(O[C@H]7C(O)C(O[C@@H]8OC(CC)[C@H](O)C(O)C8O)[C@@H](C)C[C@H]7C)[C@H](O)[C@@H](C)[C@H]6O)nn5)NC(=O)C(C)Cc5cn(C)c6ccccc56)C(=O)NC(Cc5cn(C)c6ccccc56)C(C)=O)nn4)[C@H](O)[C@H](C)C3O)[C@H](C)C[C@@H]2C)C(O)C(O)[C@H]1O. The number of fused-ring (bicyclic) bond motifs is 2. The number of aryl methyl sites for hydroxylation is 2. The fraction of sp³-hybridized carbons (Fsp3) is 0.696. The largest absolute Gasteiger partial charge is 0.390 e. The van der Waals surface area contributed by atoms with Crippen molar-refractivity contribution in [3.63, 3.8) is 0 Å². The number of hydrogen-bond donors (Lipinski definition) is 15. The quantitative estimate of drug-likeness (QED) is 0.0275. The molecule has 4 saturated heterocycles. The Kier molecular flexibility index (Phi) is 27.4. The summed E-state index contributed by atoms with van der Waals surface area (Å²) in [6.45, 7) is 16.4. The Balaban J connectivity index is 0.798. The highest BCUT2D eigenvalue weighted by Gasteiger charge is 2.55. The normalized spacial score (nSPS) is 37.3. The molecule has 4 aliphatic heterocycles. The molecular weight excluding hydrogens is 1490 g/mol. The van der Waals surface area contributed by atoms with E-state index in [1.54, 1.807) is 41.5 Å². The zero-order valence-corrected chi connectivity index (χ0v) is 66.3. The van der Waals surface area contributed by atoms with Gasteiger partial charge in [-0.25, -0.2) is 9.36 Å². The lowest BCUT2D eigenvalue weighted by Gasteiger charge is -2.50. The van der Waals surface area contributed by atoms with E-state index in [2.05, 4.69) is 36.6 Å². The molecule has 33 atom stereocenters. The summed E-state index contributed by atoms with van der Waals surface area (Å²) in [6.07, 6.45) is -21.5. The second kappa shape index (κ2) is 36.1. The molecule has 6 aromatic rings. The minimum atomic E-state index is -2.05. The van der Waals surface area contributed by atoms with Crippen molar-refractivity contribution < 1.29 is 118 Å². The van der Waals surface area contributed by atoms with Crippen LogP contribution in [-0.2, 0) is 104 Å². The maximum absolute atomic E-state index is 15.6. The molecule has 15 N–H and O–H groups in total. The molecule has 12 rings (SSSR count). The Morgan fingerprint density at radius 2 is 1.00 bits per heavy atom. The van der Waals surface area contributed by atoms with Gasteiger partial charge in [-0.15, -0.1) is 10.2 Å². The van der Waals surface area contributed by atoms with E-state index < -0.39 is 206 Å². The number of aliphatic hydroxyl groups is 12. The molecule has 0 radical (unpaired) electrons. The van der Waals surface area contributed by atoms with Gasteiger partial charge in [0.25, 0.3) is 0 Å². The number of rotatable bonds is 28. The summed E-state index contributed by atoms with van der Waals surface area (Å²) in [5.74, 6) is -9.05. The predicted molar refractivity (Wildman–Crippen MR) is 402 cm³/mol. The summed E-state index contributed by atoms with van der Waals surface area (Å²) in [4.78, 5) is 59.5. The van der Waals surface area contributed by atoms with Gasteiger partial charge in [-0.3, -0.25) is 19.2 Å². The van der Waals surface area contributed by atoms with Crippen LogP contribution in [0, 0.1) is 41.4 Å². The summed E-state index contributed by atoms with van der Waals surface area (Å²) in [5.41, 5.74) is 3.33.